The third kappa shape index (κ3) is 3.42. The number of nitrogens with two attached hydrogens (primary N) is 1. The predicted octanol–water partition coefficient (Wildman–Crippen LogP) is 2.60. The van der Waals surface area contributed by atoms with Crippen LogP contribution in [0.15, 0.2) is 28.8 Å². The van der Waals surface area contributed by atoms with Crippen LogP contribution in [0.25, 0.3) is 0 Å². The minimum Gasteiger partial charge on any atom is -0.508 e. The van der Waals surface area contributed by atoms with E-state index in [1.807, 2.05) is 12.1 Å². The Morgan fingerprint density at radius 3 is 2.52 bits per heavy atom. The van der Waals surface area contributed by atoms with Gasteiger partial charge in [0.1, 0.15) is 5.75 Å². The average Bonchev–Trinajstić information content (AvgIpc) is 2.98. The van der Waals surface area contributed by atoms with Gasteiger partial charge in [0, 0.05) is 12.3 Å². The number of rotatable bonds is 4. The molecule has 0 amide bonds. The maximum atomic E-state index is 9.28. The molecule has 5 heteroatoms. The zero-order chi connectivity index (χ0) is 14.7. The Hall–Kier alpha value is -1.88. The second kappa shape index (κ2) is 6.26. The van der Waals surface area contributed by atoms with E-state index in [0.717, 1.165) is 43.7 Å². The van der Waals surface area contributed by atoms with Crippen LogP contribution in [-0.4, -0.2) is 21.8 Å². The highest BCUT2D eigenvalue weighted by Gasteiger charge is 2.25. The van der Waals surface area contributed by atoms with E-state index in [9.17, 15) is 5.11 Å². The fourth-order valence-corrected chi connectivity index (χ4v) is 2.95. The highest BCUT2D eigenvalue weighted by molar-refractivity contribution is 5.27. The maximum Gasteiger partial charge on any atom is 0.229 e. The molecule has 1 fully saturated rings. The number of nitrogens with zero attached hydrogens (tertiary/aromatic N) is 2. The second-order valence-corrected chi connectivity index (χ2v) is 5.85. The van der Waals surface area contributed by atoms with Gasteiger partial charge in [0.15, 0.2) is 5.82 Å². The van der Waals surface area contributed by atoms with Crippen molar-refractivity contribution in [1.29, 1.82) is 0 Å². The second-order valence-electron chi connectivity index (χ2n) is 5.85. The van der Waals surface area contributed by atoms with Gasteiger partial charge in [-0.25, -0.2) is 0 Å². The van der Waals surface area contributed by atoms with Crippen LogP contribution >= 0.6 is 0 Å². The SMILES string of the molecule is NCC1CCC(c2nc(Cc3ccc(O)cc3)no2)CC1. The number of aromatic nitrogens is 2. The normalized spacial score (nSPS) is 22.3. The summed E-state index contributed by atoms with van der Waals surface area (Å²) < 4.78 is 5.43. The molecular weight excluding hydrogens is 266 g/mol. The molecular formula is C16H21N3O2. The monoisotopic (exact) mass is 287 g/mol. The summed E-state index contributed by atoms with van der Waals surface area (Å²) in [5.41, 5.74) is 6.78. The molecule has 3 N–H and O–H groups in total. The summed E-state index contributed by atoms with van der Waals surface area (Å²) in [6.07, 6.45) is 5.10. The van der Waals surface area contributed by atoms with Crippen molar-refractivity contribution in [2.24, 2.45) is 11.7 Å². The van der Waals surface area contributed by atoms with Crippen molar-refractivity contribution in [3.8, 4) is 5.75 Å². The van der Waals surface area contributed by atoms with Crippen molar-refractivity contribution >= 4 is 0 Å². The lowest BCUT2D eigenvalue weighted by Crippen LogP contribution is -2.20. The van der Waals surface area contributed by atoms with Gasteiger partial charge in [0.25, 0.3) is 0 Å². The van der Waals surface area contributed by atoms with Crippen LogP contribution < -0.4 is 5.73 Å². The van der Waals surface area contributed by atoms with Crippen LogP contribution in [0.5, 0.6) is 5.75 Å². The van der Waals surface area contributed by atoms with Crippen molar-refractivity contribution in [1.82, 2.24) is 10.1 Å². The van der Waals surface area contributed by atoms with Gasteiger partial charge in [-0.3, -0.25) is 0 Å². The number of phenolic OH excluding ortho intramolecular Hbond substituents is 1. The molecule has 112 valence electrons. The first kappa shape index (κ1) is 14.1. The van der Waals surface area contributed by atoms with Gasteiger partial charge in [-0.15, -0.1) is 0 Å². The Morgan fingerprint density at radius 1 is 1.14 bits per heavy atom. The molecule has 1 aliphatic rings. The lowest BCUT2D eigenvalue weighted by Gasteiger charge is -2.24. The zero-order valence-corrected chi connectivity index (χ0v) is 12.0. The summed E-state index contributed by atoms with van der Waals surface area (Å²) in [7, 11) is 0. The van der Waals surface area contributed by atoms with Crippen LogP contribution in [0.4, 0.5) is 0 Å². The minimum absolute atomic E-state index is 0.268. The summed E-state index contributed by atoms with van der Waals surface area (Å²) in [6, 6.07) is 7.09. The summed E-state index contributed by atoms with van der Waals surface area (Å²) in [5.74, 6) is 2.77. The van der Waals surface area contributed by atoms with Gasteiger partial charge >= 0.3 is 0 Å². The molecule has 1 aromatic carbocycles. The van der Waals surface area contributed by atoms with E-state index in [-0.39, 0.29) is 5.75 Å². The minimum atomic E-state index is 0.268. The first-order chi connectivity index (χ1) is 10.2. The van der Waals surface area contributed by atoms with E-state index in [1.54, 1.807) is 12.1 Å². The largest absolute Gasteiger partial charge is 0.508 e. The Kier molecular flexibility index (Phi) is 4.20. The Balaban J connectivity index is 1.62. The van der Waals surface area contributed by atoms with Crippen molar-refractivity contribution < 1.29 is 9.63 Å². The number of benzene rings is 1. The summed E-state index contributed by atoms with van der Waals surface area (Å²) in [5, 5.41) is 13.4. The third-order valence-electron chi connectivity index (χ3n) is 4.31. The number of hydrogen-bond acceptors (Lipinski definition) is 5. The molecule has 1 aliphatic carbocycles. The topological polar surface area (TPSA) is 85.2 Å². The standard InChI is InChI=1S/C16H21N3O2/c17-10-12-1-5-13(6-2-12)16-18-15(19-21-16)9-11-3-7-14(20)8-4-11/h3-4,7-8,12-13,20H,1-2,5-6,9-10,17H2. The third-order valence-corrected chi connectivity index (χ3v) is 4.31. The predicted molar refractivity (Wildman–Crippen MR) is 79.0 cm³/mol. The molecule has 0 aliphatic heterocycles. The molecule has 0 bridgehead atoms. The molecule has 0 saturated heterocycles. The highest BCUT2D eigenvalue weighted by atomic mass is 16.5. The summed E-state index contributed by atoms with van der Waals surface area (Å²) in [4.78, 5) is 4.53. The molecule has 2 aromatic rings. The van der Waals surface area contributed by atoms with Crippen LogP contribution in [0.2, 0.25) is 0 Å². The summed E-state index contributed by atoms with van der Waals surface area (Å²) in [6.45, 7) is 0.780. The van der Waals surface area contributed by atoms with Crippen LogP contribution in [0.1, 0.15) is 48.9 Å². The van der Waals surface area contributed by atoms with E-state index in [0.29, 0.717) is 24.1 Å². The molecule has 0 radical (unpaired) electrons. The molecule has 1 aromatic heterocycles. The van der Waals surface area contributed by atoms with Crippen molar-refractivity contribution in [2.45, 2.75) is 38.0 Å². The first-order valence-electron chi connectivity index (χ1n) is 7.55. The molecule has 1 saturated carbocycles. The lowest BCUT2D eigenvalue weighted by molar-refractivity contribution is 0.274. The van der Waals surface area contributed by atoms with Crippen molar-refractivity contribution in [3.63, 3.8) is 0 Å². The van der Waals surface area contributed by atoms with Crippen LogP contribution in [-0.2, 0) is 6.42 Å². The van der Waals surface area contributed by atoms with Crippen LogP contribution in [0, 0.1) is 5.92 Å². The maximum absolute atomic E-state index is 9.28. The number of phenols is 1. The molecule has 0 spiro atoms. The van der Waals surface area contributed by atoms with Crippen molar-refractivity contribution in [2.75, 3.05) is 6.54 Å². The molecule has 5 nitrogen and oxygen atoms in total. The van der Waals surface area contributed by atoms with E-state index < -0.39 is 0 Å². The first-order valence-corrected chi connectivity index (χ1v) is 7.55. The molecule has 0 atom stereocenters. The van der Waals surface area contributed by atoms with Crippen molar-refractivity contribution in [3.05, 3.63) is 41.5 Å². The van der Waals surface area contributed by atoms with Gasteiger partial charge in [0.2, 0.25) is 5.89 Å². The fourth-order valence-electron chi connectivity index (χ4n) is 2.95. The van der Waals surface area contributed by atoms with Gasteiger partial charge in [-0.1, -0.05) is 17.3 Å². The van der Waals surface area contributed by atoms with E-state index in [2.05, 4.69) is 10.1 Å². The fraction of sp³-hybridized carbons (Fsp3) is 0.500. The highest BCUT2D eigenvalue weighted by Crippen LogP contribution is 2.34. The van der Waals surface area contributed by atoms with E-state index >= 15 is 0 Å². The van der Waals surface area contributed by atoms with Gasteiger partial charge in [0.05, 0.1) is 0 Å². The Bertz CT molecular complexity index is 571. The Morgan fingerprint density at radius 2 is 1.86 bits per heavy atom. The smallest absolute Gasteiger partial charge is 0.229 e. The van der Waals surface area contributed by atoms with E-state index in [4.69, 9.17) is 10.3 Å². The number of hydrogen-bond donors (Lipinski definition) is 2. The zero-order valence-electron chi connectivity index (χ0n) is 12.0. The Labute approximate surface area is 124 Å². The average molecular weight is 287 g/mol. The summed E-state index contributed by atoms with van der Waals surface area (Å²) >= 11 is 0. The molecule has 1 heterocycles. The quantitative estimate of drug-likeness (QED) is 0.902. The molecule has 3 rings (SSSR count). The van der Waals surface area contributed by atoms with Gasteiger partial charge < -0.3 is 15.4 Å². The lowest BCUT2D eigenvalue weighted by atomic mass is 9.82. The molecule has 21 heavy (non-hydrogen) atoms. The van der Waals surface area contributed by atoms with Crippen LogP contribution in [0.3, 0.4) is 0 Å². The van der Waals surface area contributed by atoms with Gasteiger partial charge in [-0.05, 0) is 55.8 Å². The van der Waals surface area contributed by atoms with E-state index in [1.165, 1.54) is 0 Å². The molecule has 0 unspecified atom stereocenters. The number of aromatic hydroxyl groups is 1. The van der Waals surface area contributed by atoms with Gasteiger partial charge in [-0.2, -0.15) is 4.98 Å².